The van der Waals surface area contributed by atoms with Gasteiger partial charge in [-0.1, -0.05) is 30.9 Å². The number of halogens is 2. The van der Waals surface area contributed by atoms with Gasteiger partial charge < -0.3 is 5.32 Å². The molecular weight excluding hydrogens is 312 g/mol. The summed E-state index contributed by atoms with van der Waals surface area (Å²) in [5.41, 5.74) is 0.948. The van der Waals surface area contributed by atoms with E-state index in [0.717, 1.165) is 23.0 Å². The summed E-state index contributed by atoms with van der Waals surface area (Å²) in [5, 5.41) is 13.3. The van der Waals surface area contributed by atoms with Crippen molar-refractivity contribution in [2.75, 3.05) is 5.32 Å². The molecule has 0 spiro atoms. The predicted molar refractivity (Wildman–Crippen MR) is 78.8 cm³/mol. The molecule has 0 aliphatic heterocycles. The number of anilines is 1. The summed E-state index contributed by atoms with van der Waals surface area (Å²) in [6.45, 7) is 0. The van der Waals surface area contributed by atoms with Crippen LogP contribution in [0.2, 0.25) is 5.02 Å². The maximum Gasteiger partial charge on any atom is 0.117 e. The van der Waals surface area contributed by atoms with Crippen molar-refractivity contribution in [3.05, 3.63) is 27.7 Å². The van der Waals surface area contributed by atoms with E-state index >= 15 is 0 Å². The smallest absolute Gasteiger partial charge is 0.117 e. The highest BCUT2D eigenvalue weighted by Gasteiger charge is 2.23. The van der Waals surface area contributed by atoms with E-state index in [1.807, 2.05) is 18.2 Å². The summed E-state index contributed by atoms with van der Waals surface area (Å²) in [6, 6.07) is 7.98. The van der Waals surface area contributed by atoms with Gasteiger partial charge in [0.15, 0.2) is 0 Å². The van der Waals surface area contributed by atoms with E-state index in [4.69, 9.17) is 11.6 Å². The van der Waals surface area contributed by atoms with Crippen LogP contribution in [0.15, 0.2) is 22.7 Å². The van der Waals surface area contributed by atoms with Crippen LogP contribution in [0, 0.1) is 17.2 Å². The first-order valence-corrected chi connectivity index (χ1v) is 7.49. The van der Waals surface area contributed by atoms with Crippen molar-refractivity contribution in [1.82, 2.24) is 0 Å². The largest absolute Gasteiger partial charge is 0.370 e. The van der Waals surface area contributed by atoms with Crippen LogP contribution in [0.1, 0.15) is 32.1 Å². The van der Waals surface area contributed by atoms with Crippen LogP contribution in [0.25, 0.3) is 0 Å². The quantitative estimate of drug-likeness (QED) is 0.849. The molecule has 1 atom stereocenters. The summed E-state index contributed by atoms with van der Waals surface area (Å²) in [5.74, 6) is 0.471. The molecule has 0 radical (unpaired) electrons. The molecule has 2 nitrogen and oxygen atoms in total. The van der Waals surface area contributed by atoms with Crippen LogP contribution >= 0.6 is 27.5 Å². The molecule has 1 aromatic carbocycles. The third-order valence-electron chi connectivity index (χ3n) is 3.50. The van der Waals surface area contributed by atoms with Gasteiger partial charge in [0, 0.05) is 10.2 Å². The lowest BCUT2D eigenvalue weighted by molar-refractivity contribution is 0.346. The van der Waals surface area contributed by atoms with E-state index in [1.165, 1.54) is 19.3 Å². The van der Waals surface area contributed by atoms with Gasteiger partial charge in [-0.15, -0.1) is 0 Å². The number of benzene rings is 1. The zero-order chi connectivity index (χ0) is 13.0. The Morgan fingerprint density at radius 3 is 2.67 bits per heavy atom. The van der Waals surface area contributed by atoms with E-state index in [1.54, 1.807) is 0 Å². The Labute approximate surface area is 121 Å². The van der Waals surface area contributed by atoms with E-state index in [2.05, 4.69) is 27.3 Å². The van der Waals surface area contributed by atoms with E-state index < -0.39 is 0 Å². The topological polar surface area (TPSA) is 35.8 Å². The molecule has 0 amide bonds. The Morgan fingerprint density at radius 1 is 1.33 bits per heavy atom. The summed E-state index contributed by atoms with van der Waals surface area (Å²) >= 11 is 9.36. The highest BCUT2D eigenvalue weighted by Crippen LogP contribution is 2.30. The Bertz CT molecular complexity index is 450. The number of rotatable bonds is 3. The monoisotopic (exact) mass is 326 g/mol. The van der Waals surface area contributed by atoms with Crippen molar-refractivity contribution in [3.8, 4) is 6.07 Å². The summed E-state index contributed by atoms with van der Waals surface area (Å²) in [4.78, 5) is 0. The molecule has 0 aromatic heterocycles. The molecule has 0 heterocycles. The van der Waals surface area contributed by atoms with Crippen LogP contribution in [-0.4, -0.2) is 6.04 Å². The highest BCUT2D eigenvalue weighted by atomic mass is 79.9. The van der Waals surface area contributed by atoms with Crippen LogP contribution in [0.4, 0.5) is 5.69 Å². The van der Waals surface area contributed by atoms with Crippen LogP contribution in [0.5, 0.6) is 0 Å². The highest BCUT2D eigenvalue weighted by molar-refractivity contribution is 9.10. The lowest BCUT2D eigenvalue weighted by Gasteiger charge is -2.27. The van der Waals surface area contributed by atoms with Crippen LogP contribution in [-0.2, 0) is 0 Å². The van der Waals surface area contributed by atoms with Gasteiger partial charge in [-0.05, 0) is 52.9 Å². The SMILES string of the molecule is N#CC(Nc1ccc(Cl)c(Br)c1)C1CCCCC1. The standard InChI is InChI=1S/C14H16BrClN2/c15-12-8-11(6-7-13(12)16)18-14(9-17)10-4-2-1-3-5-10/h6-8,10,14,18H,1-5H2. The van der Waals surface area contributed by atoms with Gasteiger partial charge in [-0.2, -0.15) is 5.26 Å². The number of hydrogen-bond donors (Lipinski definition) is 1. The molecular formula is C14H16BrClN2. The van der Waals surface area contributed by atoms with Crippen LogP contribution < -0.4 is 5.32 Å². The molecule has 96 valence electrons. The molecule has 0 bridgehead atoms. The lowest BCUT2D eigenvalue weighted by Crippen LogP contribution is -2.29. The molecule has 0 saturated heterocycles. The van der Waals surface area contributed by atoms with Crippen molar-refractivity contribution >= 4 is 33.2 Å². The van der Waals surface area contributed by atoms with Gasteiger partial charge in [-0.3, -0.25) is 0 Å². The molecule has 1 aliphatic rings. The zero-order valence-electron chi connectivity index (χ0n) is 10.1. The van der Waals surface area contributed by atoms with E-state index in [-0.39, 0.29) is 6.04 Å². The molecule has 18 heavy (non-hydrogen) atoms. The number of nitriles is 1. The van der Waals surface area contributed by atoms with E-state index in [9.17, 15) is 5.26 Å². The van der Waals surface area contributed by atoms with Crippen LogP contribution in [0.3, 0.4) is 0 Å². The number of nitrogens with one attached hydrogen (secondary N) is 1. The second kappa shape index (κ2) is 6.45. The first kappa shape index (κ1) is 13.7. The minimum absolute atomic E-state index is 0.0987. The second-order valence-electron chi connectivity index (χ2n) is 4.78. The van der Waals surface area contributed by atoms with Crippen molar-refractivity contribution in [1.29, 1.82) is 5.26 Å². The summed E-state index contributed by atoms with van der Waals surface area (Å²) in [6.07, 6.45) is 6.10. The molecule has 1 N–H and O–H groups in total. The average molecular weight is 328 g/mol. The Kier molecular flexibility index (Phi) is 4.91. The second-order valence-corrected chi connectivity index (χ2v) is 6.04. The van der Waals surface area contributed by atoms with Gasteiger partial charge in [0.1, 0.15) is 6.04 Å². The first-order chi connectivity index (χ1) is 8.70. The zero-order valence-corrected chi connectivity index (χ0v) is 12.5. The van der Waals surface area contributed by atoms with Crippen molar-refractivity contribution in [2.45, 2.75) is 38.1 Å². The van der Waals surface area contributed by atoms with Gasteiger partial charge in [0.25, 0.3) is 0 Å². The van der Waals surface area contributed by atoms with Gasteiger partial charge in [0.2, 0.25) is 0 Å². The van der Waals surface area contributed by atoms with Gasteiger partial charge >= 0.3 is 0 Å². The molecule has 1 fully saturated rings. The normalized spacial score (nSPS) is 18.1. The van der Waals surface area contributed by atoms with Gasteiger partial charge in [0.05, 0.1) is 11.1 Å². The van der Waals surface area contributed by atoms with E-state index in [0.29, 0.717) is 10.9 Å². The molecule has 4 heteroatoms. The predicted octanol–water partition coefficient (Wildman–Crippen LogP) is 4.99. The molecule has 1 saturated carbocycles. The molecule has 1 aromatic rings. The third-order valence-corrected chi connectivity index (χ3v) is 4.72. The fourth-order valence-electron chi connectivity index (χ4n) is 2.49. The fraction of sp³-hybridized carbons (Fsp3) is 0.500. The van der Waals surface area contributed by atoms with Crippen molar-refractivity contribution in [2.24, 2.45) is 5.92 Å². The Morgan fingerprint density at radius 2 is 2.06 bits per heavy atom. The molecule has 2 rings (SSSR count). The lowest BCUT2D eigenvalue weighted by atomic mass is 9.84. The molecule has 1 aliphatic carbocycles. The summed E-state index contributed by atoms with van der Waals surface area (Å²) in [7, 11) is 0. The van der Waals surface area contributed by atoms with Gasteiger partial charge in [-0.25, -0.2) is 0 Å². The average Bonchev–Trinajstić information content (AvgIpc) is 2.41. The fourth-order valence-corrected chi connectivity index (χ4v) is 2.98. The maximum atomic E-state index is 9.31. The number of hydrogen-bond acceptors (Lipinski definition) is 2. The maximum absolute atomic E-state index is 9.31. The minimum atomic E-state index is -0.0987. The minimum Gasteiger partial charge on any atom is -0.370 e. The number of nitrogens with zero attached hydrogens (tertiary/aromatic N) is 1. The van der Waals surface area contributed by atoms with Crippen molar-refractivity contribution < 1.29 is 0 Å². The molecule has 1 unspecified atom stereocenters. The Balaban J connectivity index is 2.05. The summed E-state index contributed by atoms with van der Waals surface area (Å²) < 4.78 is 0.856. The van der Waals surface area contributed by atoms with Crippen molar-refractivity contribution in [3.63, 3.8) is 0 Å². The Hall–Kier alpha value is -0.720. The first-order valence-electron chi connectivity index (χ1n) is 6.32. The third kappa shape index (κ3) is 3.40.